The molecule has 9 nitrogen and oxygen atoms in total. The first-order valence-corrected chi connectivity index (χ1v) is 10.8. The molecule has 0 radical (unpaired) electrons. The summed E-state index contributed by atoms with van der Waals surface area (Å²) >= 11 is 5.87. The number of fused-ring (bicyclic) bond motifs is 1. The van der Waals surface area contributed by atoms with Crippen LogP contribution in [0.25, 0.3) is 22.2 Å². The van der Waals surface area contributed by atoms with E-state index in [1.54, 1.807) is 6.20 Å². The lowest BCUT2D eigenvalue weighted by Gasteiger charge is -2.13. The monoisotopic (exact) mass is 525 g/mol. The van der Waals surface area contributed by atoms with Crippen LogP contribution in [-0.2, 0) is 6.54 Å². The molecule has 0 saturated carbocycles. The predicted molar refractivity (Wildman–Crippen MR) is 138 cm³/mol. The largest absolute Gasteiger partial charge is 0.478 e. The van der Waals surface area contributed by atoms with Gasteiger partial charge in [-0.3, -0.25) is 4.98 Å². The first-order chi connectivity index (χ1) is 17.0. The third-order valence-electron chi connectivity index (χ3n) is 5.12. The Morgan fingerprint density at radius 3 is 2.69 bits per heavy atom. The zero-order chi connectivity index (χ0) is 24.4. The summed E-state index contributed by atoms with van der Waals surface area (Å²) in [5, 5.41) is 15.5. The number of halogens is 3. The number of nitrogens with one attached hydrogen (secondary N) is 3. The van der Waals surface area contributed by atoms with E-state index in [1.807, 2.05) is 24.3 Å². The lowest BCUT2D eigenvalue weighted by Crippen LogP contribution is -2.08. The Labute approximate surface area is 215 Å². The standard InChI is InChI=1S/C24H17ClFN7O2.ClH/c25-17-8-15(5-6-18(17)26)30-24-29-11-16(13-7-14(23(34)35)10-27-9-13)22(33-24)28-12-21-31-19-3-1-2-4-20(19)32-21;/h1-11H,12H2,(H,31,32)(H,34,35)(H2,28,29,30,33);1H. The van der Waals surface area contributed by atoms with Crippen molar-refractivity contribution in [2.45, 2.75) is 6.54 Å². The summed E-state index contributed by atoms with van der Waals surface area (Å²) in [6.45, 7) is 0.312. The number of imidazole rings is 1. The van der Waals surface area contributed by atoms with Crippen LogP contribution in [0.1, 0.15) is 16.2 Å². The number of para-hydroxylation sites is 2. The first kappa shape index (κ1) is 24.8. The van der Waals surface area contributed by atoms with Crippen molar-refractivity contribution in [2.75, 3.05) is 10.6 Å². The van der Waals surface area contributed by atoms with Gasteiger partial charge >= 0.3 is 5.97 Å². The summed E-state index contributed by atoms with van der Waals surface area (Å²) in [4.78, 5) is 32.1. The van der Waals surface area contributed by atoms with E-state index in [1.165, 1.54) is 36.7 Å². The molecule has 0 atom stereocenters. The molecular formula is C24H18Cl2FN7O2. The third-order valence-corrected chi connectivity index (χ3v) is 5.41. The van der Waals surface area contributed by atoms with Crippen LogP contribution in [0, 0.1) is 5.82 Å². The van der Waals surface area contributed by atoms with Crippen molar-refractivity contribution < 1.29 is 14.3 Å². The highest BCUT2D eigenvalue weighted by atomic mass is 35.5. The molecule has 0 aliphatic carbocycles. The molecule has 2 aromatic carbocycles. The van der Waals surface area contributed by atoms with Crippen LogP contribution in [0.2, 0.25) is 5.02 Å². The highest BCUT2D eigenvalue weighted by Gasteiger charge is 2.14. The Balaban J connectivity index is 0.00000304. The minimum absolute atomic E-state index is 0. The number of carboxylic acids is 1. The normalized spacial score (nSPS) is 10.6. The van der Waals surface area contributed by atoms with Gasteiger partial charge in [-0.15, -0.1) is 12.4 Å². The maximum Gasteiger partial charge on any atom is 0.337 e. The van der Waals surface area contributed by atoms with Crippen molar-refractivity contribution in [3.63, 3.8) is 0 Å². The quantitative estimate of drug-likeness (QED) is 0.213. The molecule has 12 heteroatoms. The van der Waals surface area contributed by atoms with Crippen molar-refractivity contribution in [1.82, 2.24) is 24.9 Å². The summed E-state index contributed by atoms with van der Waals surface area (Å²) in [6, 6.07) is 13.3. The van der Waals surface area contributed by atoms with Gasteiger partial charge in [-0.25, -0.2) is 19.2 Å². The minimum Gasteiger partial charge on any atom is -0.478 e. The van der Waals surface area contributed by atoms with Crippen LogP contribution in [0.3, 0.4) is 0 Å². The van der Waals surface area contributed by atoms with E-state index in [4.69, 9.17) is 11.6 Å². The van der Waals surface area contributed by atoms with Crippen LogP contribution in [-0.4, -0.2) is 36.0 Å². The van der Waals surface area contributed by atoms with Crippen molar-refractivity contribution in [3.8, 4) is 11.1 Å². The van der Waals surface area contributed by atoms with Crippen molar-refractivity contribution >= 4 is 58.5 Å². The van der Waals surface area contributed by atoms with Crippen LogP contribution < -0.4 is 10.6 Å². The maximum atomic E-state index is 13.5. The zero-order valence-corrected chi connectivity index (χ0v) is 19.9. The number of aromatic carboxylic acids is 1. The molecule has 5 aromatic rings. The van der Waals surface area contributed by atoms with E-state index >= 15 is 0 Å². The van der Waals surface area contributed by atoms with Crippen molar-refractivity contribution in [3.05, 3.63) is 89.3 Å². The molecule has 0 aliphatic heterocycles. The van der Waals surface area contributed by atoms with Gasteiger partial charge in [-0.05, 0) is 36.4 Å². The number of aromatic amines is 1. The Morgan fingerprint density at radius 1 is 1.08 bits per heavy atom. The van der Waals surface area contributed by atoms with Crippen LogP contribution >= 0.6 is 24.0 Å². The summed E-state index contributed by atoms with van der Waals surface area (Å²) in [5.74, 6) is -0.296. The van der Waals surface area contributed by atoms with E-state index in [9.17, 15) is 14.3 Å². The number of hydrogen-bond donors (Lipinski definition) is 4. The van der Waals surface area contributed by atoms with Crippen LogP contribution in [0.15, 0.2) is 67.1 Å². The van der Waals surface area contributed by atoms with E-state index in [0.29, 0.717) is 35.0 Å². The molecular weight excluding hydrogens is 508 g/mol. The van der Waals surface area contributed by atoms with Gasteiger partial charge in [-0.1, -0.05) is 23.7 Å². The summed E-state index contributed by atoms with van der Waals surface area (Å²) in [6.07, 6.45) is 4.34. The van der Waals surface area contributed by atoms with Gasteiger partial charge in [0.2, 0.25) is 5.95 Å². The zero-order valence-electron chi connectivity index (χ0n) is 18.4. The molecule has 0 fully saturated rings. The average molecular weight is 526 g/mol. The highest BCUT2D eigenvalue weighted by molar-refractivity contribution is 6.31. The van der Waals surface area contributed by atoms with Gasteiger partial charge in [0.05, 0.1) is 28.2 Å². The maximum absolute atomic E-state index is 13.5. The Hall–Kier alpha value is -4.28. The number of pyridine rings is 1. The summed E-state index contributed by atoms with van der Waals surface area (Å²) < 4.78 is 13.5. The molecule has 0 amide bonds. The molecule has 0 spiro atoms. The Morgan fingerprint density at radius 2 is 1.92 bits per heavy atom. The second kappa shape index (κ2) is 10.5. The van der Waals surface area contributed by atoms with Gasteiger partial charge in [0.25, 0.3) is 0 Å². The lowest BCUT2D eigenvalue weighted by molar-refractivity contribution is 0.0696. The van der Waals surface area contributed by atoms with Gasteiger partial charge in [0.1, 0.15) is 17.5 Å². The highest BCUT2D eigenvalue weighted by Crippen LogP contribution is 2.29. The smallest absolute Gasteiger partial charge is 0.337 e. The molecule has 0 bridgehead atoms. The molecule has 36 heavy (non-hydrogen) atoms. The minimum atomic E-state index is -1.09. The number of carbonyl (C=O) groups is 1. The number of anilines is 3. The molecule has 182 valence electrons. The number of H-pyrrole nitrogens is 1. The molecule has 0 saturated heterocycles. The van der Waals surface area contributed by atoms with Crippen LogP contribution in [0.4, 0.5) is 21.8 Å². The topological polar surface area (TPSA) is 129 Å². The van der Waals surface area contributed by atoms with Gasteiger partial charge in [0.15, 0.2) is 0 Å². The second-order valence-corrected chi connectivity index (χ2v) is 7.94. The number of nitrogens with zero attached hydrogens (tertiary/aromatic N) is 4. The first-order valence-electron chi connectivity index (χ1n) is 10.4. The molecule has 3 heterocycles. The SMILES string of the molecule is Cl.O=C(O)c1cncc(-c2cnc(Nc3ccc(F)c(Cl)c3)nc2NCc2nc3ccccc3[nH]2)c1. The number of rotatable bonds is 7. The number of aromatic nitrogens is 5. The van der Waals surface area contributed by atoms with Gasteiger partial charge in [0, 0.05) is 35.4 Å². The summed E-state index contributed by atoms with van der Waals surface area (Å²) in [7, 11) is 0. The fourth-order valence-electron chi connectivity index (χ4n) is 3.45. The van der Waals surface area contributed by atoms with Gasteiger partial charge < -0.3 is 20.7 Å². The number of carboxylic acid groups (broad SMARTS) is 1. The third kappa shape index (κ3) is 5.35. The predicted octanol–water partition coefficient (Wildman–Crippen LogP) is 5.68. The Bertz CT molecular complexity index is 1530. The molecule has 4 N–H and O–H groups in total. The lowest BCUT2D eigenvalue weighted by atomic mass is 10.1. The van der Waals surface area contributed by atoms with Crippen LogP contribution in [0.5, 0.6) is 0 Å². The van der Waals surface area contributed by atoms with E-state index in [2.05, 4.69) is 35.6 Å². The molecule has 5 rings (SSSR count). The average Bonchev–Trinajstić information content (AvgIpc) is 3.28. The van der Waals surface area contributed by atoms with Crippen molar-refractivity contribution in [2.24, 2.45) is 0 Å². The van der Waals surface area contributed by atoms with E-state index < -0.39 is 11.8 Å². The fraction of sp³-hybridized carbons (Fsp3) is 0.0417. The number of hydrogen-bond acceptors (Lipinski definition) is 7. The van der Waals surface area contributed by atoms with E-state index in [-0.39, 0.29) is 28.9 Å². The molecule has 0 aliphatic rings. The summed E-state index contributed by atoms with van der Waals surface area (Å²) in [5.41, 5.74) is 3.34. The Kier molecular flexibility index (Phi) is 7.28. The molecule has 3 aromatic heterocycles. The fourth-order valence-corrected chi connectivity index (χ4v) is 3.63. The van der Waals surface area contributed by atoms with Crippen molar-refractivity contribution in [1.29, 1.82) is 0 Å². The molecule has 0 unspecified atom stereocenters. The second-order valence-electron chi connectivity index (χ2n) is 7.53. The number of benzene rings is 2. The van der Waals surface area contributed by atoms with Gasteiger partial charge in [-0.2, -0.15) is 4.98 Å². The van der Waals surface area contributed by atoms with E-state index in [0.717, 1.165) is 11.0 Å².